The van der Waals surface area contributed by atoms with Gasteiger partial charge in [-0.1, -0.05) is 6.07 Å². The Morgan fingerprint density at radius 3 is 2.85 bits per heavy atom. The number of methoxy groups -OCH3 is 1. The molecule has 1 heterocycles. The number of hydrogen-bond donors (Lipinski definition) is 1. The summed E-state index contributed by atoms with van der Waals surface area (Å²) in [5, 5.41) is 0. The van der Waals surface area contributed by atoms with E-state index in [2.05, 4.69) is 11.8 Å². The van der Waals surface area contributed by atoms with Crippen molar-refractivity contribution in [3.63, 3.8) is 0 Å². The van der Waals surface area contributed by atoms with E-state index in [1.165, 1.54) is 0 Å². The van der Waals surface area contributed by atoms with E-state index in [4.69, 9.17) is 10.5 Å². The zero-order valence-electron chi connectivity index (χ0n) is 12.7. The molecular weight excluding hydrogens is 255 g/mol. The molecule has 2 unspecified atom stereocenters. The van der Waals surface area contributed by atoms with Crippen LogP contribution in [-0.4, -0.2) is 31.8 Å². The van der Waals surface area contributed by atoms with Gasteiger partial charge in [0.1, 0.15) is 5.82 Å². The first-order valence-corrected chi connectivity index (χ1v) is 7.28. The molecule has 1 aromatic carbocycles. The Morgan fingerprint density at radius 1 is 1.50 bits per heavy atom. The van der Waals surface area contributed by atoms with Crippen molar-refractivity contribution in [3.8, 4) is 0 Å². The third kappa shape index (κ3) is 3.49. The molecule has 0 saturated carbocycles. The van der Waals surface area contributed by atoms with Gasteiger partial charge in [-0.25, -0.2) is 4.39 Å². The molecule has 20 heavy (non-hydrogen) atoms. The van der Waals surface area contributed by atoms with Crippen molar-refractivity contribution in [1.82, 2.24) is 0 Å². The van der Waals surface area contributed by atoms with Crippen LogP contribution in [0.25, 0.3) is 0 Å². The second kappa shape index (κ2) is 6.10. The fourth-order valence-corrected chi connectivity index (χ4v) is 2.88. The molecule has 4 heteroatoms. The third-order valence-electron chi connectivity index (χ3n) is 4.06. The van der Waals surface area contributed by atoms with E-state index >= 15 is 0 Å². The normalized spacial score (nSPS) is 24.8. The van der Waals surface area contributed by atoms with Crippen LogP contribution >= 0.6 is 0 Å². The van der Waals surface area contributed by atoms with E-state index < -0.39 is 0 Å². The summed E-state index contributed by atoms with van der Waals surface area (Å²) in [5.41, 5.74) is 7.19. The maximum absolute atomic E-state index is 14.3. The Morgan fingerprint density at radius 2 is 2.25 bits per heavy atom. The molecule has 1 saturated heterocycles. The maximum Gasteiger partial charge on any atom is 0.146 e. The van der Waals surface area contributed by atoms with Gasteiger partial charge in [0, 0.05) is 26.2 Å². The lowest BCUT2D eigenvalue weighted by Gasteiger charge is -2.40. The van der Waals surface area contributed by atoms with Gasteiger partial charge in [-0.15, -0.1) is 0 Å². The summed E-state index contributed by atoms with van der Waals surface area (Å²) in [6.45, 7) is 5.62. The van der Waals surface area contributed by atoms with Crippen molar-refractivity contribution in [2.24, 2.45) is 5.73 Å². The van der Waals surface area contributed by atoms with Gasteiger partial charge in [0.25, 0.3) is 0 Å². The molecule has 1 aliphatic rings. The summed E-state index contributed by atoms with van der Waals surface area (Å²) in [4.78, 5) is 2.08. The zero-order valence-corrected chi connectivity index (χ0v) is 12.7. The van der Waals surface area contributed by atoms with E-state index in [0.717, 1.165) is 31.5 Å². The number of nitrogens with zero attached hydrogens (tertiary/aromatic N) is 1. The molecule has 112 valence electrons. The molecule has 0 bridgehead atoms. The third-order valence-corrected chi connectivity index (χ3v) is 4.06. The number of nitrogens with two attached hydrogens (primary N) is 1. The smallest absolute Gasteiger partial charge is 0.146 e. The van der Waals surface area contributed by atoms with Crippen LogP contribution < -0.4 is 10.6 Å². The first kappa shape index (κ1) is 15.3. The lowest BCUT2D eigenvalue weighted by molar-refractivity contribution is -0.00476. The van der Waals surface area contributed by atoms with Gasteiger partial charge in [-0.2, -0.15) is 0 Å². The zero-order chi connectivity index (χ0) is 14.8. The van der Waals surface area contributed by atoms with Gasteiger partial charge >= 0.3 is 0 Å². The van der Waals surface area contributed by atoms with Crippen LogP contribution in [0.15, 0.2) is 18.2 Å². The Hall–Kier alpha value is -1.13. The minimum Gasteiger partial charge on any atom is -0.377 e. The summed E-state index contributed by atoms with van der Waals surface area (Å²) in [6, 6.07) is 5.50. The van der Waals surface area contributed by atoms with Crippen molar-refractivity contribution in [2.45, 2.75) is 44.8 Å². The molecule has 2 N–H and O–H groups in total. The van der Waals surface area contributed by atoms with Crippen molar-refractivity contribution in [3.05, 3.63) is 29.6 Å². The average Bonchev–Trinajstić information content (AvgIpc) is 2.38. The van der Waals surface area contributed by atoms with Gasteiger partial charge in [0.2, 0.25) is 0 Å². The Balaban J connectivity index is 2.16. The van der Waals surface area contributed by atoms with E-state index in [-0.39, 0.29) is 17.5 Å². The van der Waals surface area contributed by atoms with E-state index in [0.29, 0.717) is 12.1 Å². The molecule has 0 aliphatic carbocycles. The van der Waals surface area contributed by atoms with Crippen molar-refractivity contribution < 1.29 is 9.13 Å². The second-order valence-electron chi connectivity index (χ2n) is 6.15. The fraction of sp³-hybridized carbons (Fsp3) is 0.625. The lowest BCUT2D eigenvalue weighted by atomic mass is 9.94. The molecular formula is C16H25FN2O. The minimum atomic E-state index is -0.185. The summed E-state index contributed by atoms with van der Waals surface area (Å²) in [5.74, 6) is -0.163. The summed E-state index contributed by atoms with van der Waals surface area (Å²) >= 11 is 0. The van der Waals surface area contributed by atoms with Gasteiger partial charge in [-0.05, 0) is 50.8 Å². The molecule has 0 spiro atoms. The second-order valence-corrected chi connectivity index (χ2v) is 6.15. The molecule has 2 atom stereocenters. The molecule has 0 amide bonds. The summed E-state index contributed by atoms with van der Waals surface area (Å²) in [6.07, 6.45) is 2.74. The van der Waals surface area contributed by atoms with Crippen LogP contribution in [0.3, 0.4) is 0 Å². The van der Waals surface area contributed by atoms with Gasteiger partial charge in [0.15, 0.2) is 0 Å². The SMILES string of the molecule is COC1(C)CCCN(c2ccc(CC(C)N)cc2F)C1. The quantitative estimate of drug-likeness (QED) is 0.921. The van der Waals surface area contributed by atoms with Crippen molar-refractivity contribution >= 4 is 5.69 Å². The van der Waals surface area contributed by atoms with Gasteiger partial charge < -0.3 is 15.4 Å². The molecule has 1 aromatic rings. The van der Waals surface area contributed by atoms with Gasteiger partial charge in [-0.3, -0.25) is 0 Å². The average molecular weight is 280 g/mol. The molecule has 1 aliphatic heterocycles. The van der Waals surface area contributed by atoms with Crippen LogP contribution in [0.1, 0.15) is 32.3 Å². The fourth-order valence-electron chi connectivity index (χ4n) is 2.88. The van der Waals surface area contributed by atoms with Crippen LogP contribution in [0.2, 0.25) is 0 Å². The van der Waals surface area contributed by atoms with E-state index in [1.54, 1.807) is 13.2 Å². The number of anilines is 1. The Kier molecular flexibility index (Phi) is 4.66. The monoisotopic (exact) mass is 280 g/mol. The van der Waals surface area contributed by atoms with Crippen molar-refractivity contribution in [2.75, 3.05) is 25.1 Å². The number of ether oxygens (including phenoxy) is 1. The maximum atomic E-state index is 14.3. The lowest BCUT2D eigenvalue weighted by Crippen LogP contribution is -2.47. The van der Waals surface area contributed by atoms with Crippen LogP contribution in [-0.2, 0) is 11.2 Å². The number of hydrogen-bond acceptors (Lipinski definition) is 3. The number of rotatable bonds is 4. The topological polar surface area (TPSA) is 38.5 Å². The van der Waals surface area contributed by atoms with Crippen LogP contribution in [0.5, 0.6) is 0 Å². The van der Waals surface area contributed by atoms with Crippen LogP contribution in [0.4, 0.5) is 10.1 Å². The summed E-state index contributed by atoms with van der Waals surface area (Å²) < 4.78 is 19.9. The first-order valence-electron chi connectivity index (χ1n) is 7.28. The van der Waals surface area contributed by atoms with Gasteiger partial charge in [0.05, 0.1) is 11.3 Å². The number of halogens is 1. The molecule has 1 fully saturated rings. The minimum absolute atomic E-state index is 0.0482. The van der Waals surface area contributed by atoms with Crippen molar-refractivity contribution in [1.29, 1.82) is 0 Å². The molecule has 0 aromatic heterocycles. The first-order chi connectivity index (χ1) is 9.43. The van der Waals surface area contributed by atoms with E-state index in [9.17, 15) is 4.39 Å². The predicted molar refractivity (Wildman–Crippen MR) is 80.6 cm³/mol. The largest absolute Gasteiger partial charge is 0.377 e. The summed E-state index contributed by atoms with van der Waals surface area (Å²) in [7, 11) is 1.73. The Labute approximate surface area is 120 Å². The predicted octanol–water partition coefficient (Wildman–Crippen LogP) is 2.72. The highest BCUT2D eigenvalue weighted by Gasteiger charge is 2.31. The molecule has 3 nitrogen and oxygen atoms in total. The van der Waals surface area contributed by atoms with Crippen LogP contribution in [0, 0.1) is 5.82 Å². The molecule has 2 rings (SSSR count). The standard InChI is InChI=1S/C16H25FN2O/c1-12(18)9-13-5-6-15(14(17)10-13)19-8-4-7-16(2,11-19)20-3/h5-6,10,12H,4,7-9,11,18H2,1-3H3. The highest BCUT2D eigenvalue weighted by Crippen LogP contribution is 2.30. The number of piperidine rings is 1. The molecule has 0 radical (unpaired) electrons. The highest BCUT2D eigenvalue weighted by molar-refractivity contribution is 5.50. The highest BCUT2D eigenvalue weighted by atomic mass is 19.1. The number of benzene rings is 1. The Bertz CT molecular complexity index is 464. The van der Waals surface area contributed by atoms with E-state index in [1.807, 2.05) is 19.1 Å².